The van der Waals surface area contributed by atoms with Gasteiger partial charge in [0.05, 0.1) is 27.7 Å². The topological polar surface area (TPSA) is 77.4 Å². The molecule has 1 aromatic heterocycles. The summed E-state index contributed by atoms with van der Waals surface area (Å²) < 4.78 is 42.9. The van der Waals surface area contributed by atoms with Crippen LogP contribution in [0, 0.1) is 10.8 Å². The van der Waals surface area contributed by atoms with E-state index in [2.05, 4.69) is 4.98 Å². The van der Waals surface area contributed by atoms with Crippen LogP contribution in [-0.2, 0) is 4.79 Å². The number of benzene rings is 1. The summed E-state index contributed by atoms with van der Waals surface area (Å²) in [4.78, 5) is 32.5. The fourth-order valence-electron chi connectivity index (χ4n) is 3.45. The highest BCUT2D eigenvalue weighted by Gasteiger charge is 2.43. The van der Waals surface area contributed by atoms with E-state index in [9.17, 15) is 22.8 Å². The van der Waals surface area contributed by atoms with Gasteiger partial charge in [-0.25, -0.2) is 0 Å². The van der Waals surface area contributed by atoms with E-state index in [1.165, 1.54) is 24.5 Å². The zero-order valence-electron chi connectivity index (χ0n) is 20.5. The Morgan fingerprint density at radius 2 is 1.61 bits per heavy atom. The highest BCUT2D eigenvalue weighted by Crippen LogP contribution is 2.35. The molecule has 194 valence electrons. The van der Waals surface area contributed by atoms with Crippen LogP contribution >= 0.6 is 23.2 Å². The number of rotatable bonds is 8. The average Bonchev–Trinajstić information content (AvgIpc) is 2.78. The molecule has 1 amide bonds. The molecule has 0 aliphatic rings. The molecule has 11 heteroatoms. The fourth-order valence-corrected chi connectivity index (χ4v) is 4.03. The van der Waals surface area contributed by atoms with Gasteiger partial charge in [0.2, 0.25) is 0 Å². The largest absolute Gasteiger partial charge is 0.432 e. The predicted octanol–water partition coefficient (Wildman–Crippen LogP) is 6.44. The number of nitrogens with one attached hydrogen (secondary N) is 1. The molecule has 2 rings (SSSR count). The van der Waals surface area contributed by atoms with E-state index in [1.54, 1.807) is 45.9 Å². The van der Waals surface area contributed by atoms with Gasteiger partial charge in [-0.2, -0.15) is 13.2 Å². The van der Waals surface area contributed by atoms with Crippen molar-refractivity contribution in [3.8, 4) is 0 Å². The molecule has 0 bridgehead atoms. The first-order valence-corrected chi connectivity index (χ1v) is 11.6. The Morgan fingerprint density at radius 1 is 1.08 bits per heavy atom. The van der Waals surface area contributed by atoms with E-state index in [0.29, 0.717) is 6.21 Å². The quantitative estimate of drug-likeness (QED) is 0.236. The van der Waals surface area contributed by atoms with Crippen molar-refractivity contribution in [1.29, 1.82) is 5.41 Å². The summed E-state index contributed by atoms with van der Waals surface area (Å²) in [5, 5.41) is 7.67. The van der Waals surface area contributed by atoms with E-state index in [1.807, 2.05) is 0 Å². The summed E-state index contributed by atoms with van der Waals surface area (Å²) >= 11 is 12.2. The lowest BCUT2D eigenvalue weighted by Gasteiger charge is -2.38. The van der Waals surface area contributed by atoms with Gasteiger partial charge in [-0.3, -0.25) is 14.6 Å². The van der Waals surface area contributed by atoms with Crippen molar-refractivity contribution in [2.75, 3.05) is 18.5 Å². The van der Waals surface area contributed by atoms with Gasteiger partial charge in [0.1, 0.15) is 5.70 Å². The smallest absolute Gasteiger partial charge is 0.340 e. The van der Waals surface area contributed by atoms with Crippen LogP contribution in [0.2, 0.25) is 10.0 Å². The molecule has 0 radical (unpaired) electrons. The number of allylic oxidation sites excluding steroid dienone is 1. The summed E-state index contributed by atoms with van der Waals surface area (Å²) in [5.41, 5.74) is -2.79. The SMILES string of the molecule is CC(N(CC(=O)c1c(Cl)cncc1Cl)C(=O)/C(C=N)=C(/N(C)c1ccccc1)C(F)(F)F)C(C)(C)C. The Balaban J connectivity index is 2.68. The van der Waals surface area contributed by atoms with Crippen LogP contribution in [0.3, 0.4) is 0 Å². The number of halogens is 5. The van der Waals surface area contributed by atoms with E-state index in [4.69, 9.17) is 28.6 Å². The van der Waals surface area contributed by atoms with E-state index in [-0.39, 0.29) is 21.3 Å². The minimum atomic E-state index is -4.98. The van der Waals surface area contributed by atoms with Crippen LogP contribution in [0.25, 0.3) is 0 Å². The number of anilines is 1. The third-order valence-corrected chi connectivity index (χ3v) is 6.38. The third-order valence-electron chi connectivity index (χ3n) is 5.81. The molecule has 36 heavy (non-hydrogen) atoms. The number of ketones is 1. The van der Waals surface area contributed by atoms with E-state index >= 15 is 0 Å². The zero-order valence-corrected chi connectivity index (χ0v) is 22.0. The number of amides is 1. The maximum absolute atomic E-state index is 14.3. The lowest BCUT2D eigenvalue weighted by atomic mass is 9.86. The van der Waals surface area contributed by atoms with E-state index in [0.717, 1.165) is 16.8 Å². The summed E-state index contributed by atoms with van der Waals surface area (Å²) in [6.07, 6.45) is -2.20. The highest BCUT2D eigenvalue weighted by atomic mass is 35.5. The molecule has 1 aromatic carbocycles. The first-order valence-electron chi connectivity index (χ1n) is 10.8. The van der Waals surface area contributed by atoms with Crippen LogP contribution in [0.15, 0.2) is 54.0 Å². The highest BCUT2D eigenvalue weighted by molar-refractivity contribution is 6.39. The second-order valence-corrected chi connectivity index (χ2v) is 9.99. The number of nitrogens with zero attached hydrogens (tertiary/aromatic N) is 3. The maximum atomic E-state index is 14.3. The van der Waals surface area contributed by atoms with Crippen molar-refractivity contribution < 1.29 is 22.8 Å². The van der Waals surface area contributed by atoms with Gasteiger partial charge in [-0.15, -0.1) is 0 Å². The van der Waals surface area contributed by atoms with Crippen LogP contribution in [0.5, 0.6) is 0 Å². The number of hydrogen-bond donors (Lipinski definition) is 1. The first kappa shape index (κ1) is 29.3. The van der Waals surface area contributed by atoms with Gasteiger partial charge < -0.3 is 15.2 Å². The number of carbonyl (C=O) groups excluding carboxylic acids is 2. The van der Waals surface area contributed by atoms with Gasteiger partial charge in [0, 0.05) is 37.4 Å². The molecular formula is C25H27Cl2F3N4O2. The lowest BCUT2D eigenvalue weighted by molar-refractivity contribution is -0.131. The molecule has 0 spiro atoms. The predicted molar refractivity (Wildman–Crippen MR) is 136 cm³/mol. The molecule has 1 unspecified atom stereocenters. The normalized spacial score (nSPS) is 13.5. The number of pyridine rings is 1. The fraction of sp³-hybridized carbons (Fsp3) is 0.360. The van der Waals surface area contributed by atoms with Gasteiger partial charge in [-0.1, -0.05) is 62.2 Å². The maximum Gasteiger partial charge on any atom is 0.432 e. The molecule has 0 saturated heterocycles. The number of Topliss-reactive ketones (excluding diaryl/α,β-unsaturated/α-hetero) is 1. The molecule has 1 heterocycles. The minimum Gasteiger partial charge on any atom is -0.340 e. The molecule has 6 nitrogen and oxygen atoms in total. The second-order valence-electron chi connectivity index (χ2n) is 9.18. The summed E-state index contributed by atoms with van der Waals surface area (Å²) in [7, 11) is 1.16. The standard InChI is InChI=1S/C25H27Cl2F3N4O2/c1-15(24(2,3)4)34(14-20(35)21-18(26)12-32-13-19(21)27)23(36)17(11-31)22(25(28,29)30)33(5)16-9-7-6-8-10-16/h6-13,15,31H,14H2,1-5H3/b22-17+,31-11?. The zero-order chi connectivity index (χ0) is 27.4. The summed E-state index contributed by atoms with van der Waals surface area (Å²) in [6, 6.07) is 6.94. The second kappa shape index (κ2) is 11.4. The van der Waals surface area contributed by atoms with Gasteiger partial charge in [0.15, 0.2) is 5.78 Å². The molecule has 2 aromatic rings. The molecule has 0 fully saturated rings. The molecule has 0 saturated carbocycles. The third kappa shape index (κ3) is 6.64. The average molecular weight is 543 g/mol. The number of aromatic nitrogens is 1. The van der Waals surface area contributed by atoms with Crippen LogP contribution in [0.1, 0.15) is 38.1 Å². The molecule has 0 aliphatic carbocycles. The Morgan fingerprint density at radius 3 is 2.06 bits per heavy atom. The number of para-hydroxylation sites is 1. The van der Waals surface area contributed by atoms with Crippen molar-refractivity contribution in [3.05, 3.63) is 69.6 Å². The van der Waals surface area contributed by atoms with Crippen molar-refractivity contribution in [3.63, 3.8) is 0 Å². The molecular weight excluding hydrogens is 516 g/mol. The van der Waals surface area contributed by atoms with Crippen LogP contribution < -0.4 is 4.90 Å². The Bertz CT molecular complexity index is 1140. The lowest BCUT2D eigenvalue weighted by Crippen LogP contribution is -2.49. The summed E-state index contributed by atoms with van der Waals surface area (Å²) in [5.74, 6) is -1.80. The van der Waals surface area contributed by atoms with Crippen molar-refractivity contribution >= 4 is 46.8 Å². The number of alkyl halides is 3. The van der Waals surface area contributed by atoms with Gasteiger partial charge in [0.25, 0.3) is 5.91 Å². The molecule has 1 atom stereocenters. The number of hydrogen-bond acceptors (Lipinski definition) is 5. The monoisotopic (exact) mass is 542 g/mol. The summed E-state index contributed by atoms with van der Waals surface area (Å²) in [6.45, 7) is 6.35. The van der Waals surface area contributed by atoms with Crippen LogP contribution in [-0.4, -0.2) is 53.6 Å². The van der Waals surface area contributed by atoms with Gasteiger partial charge >= 0.3 is 6.18 Å². The van der Waals surface area contributed by atoms with Crippen LogP contribution in [0.4, 0.5) is 18.9 Å². The van der Waals surface area contributed by atoms with Crippen molar-refractivity contribution in [2.45, 2.75) is 39.9 Å². The first-order chi connectivity index (χ1) is 16.6. The Kier molecular flexibility index (Phi) is 9.31. The Hall–Kier alpha value is -2.91. The molecule has 1 N–H and O–H groups in total. The van der Waals surface area contributed by atoms with E-state index < -0.39 is 47.1 Å². The number of carbonyl (C=O) groups is 2. The van der Waals surface area contributed by atoms with Crippen molar-refractivity contribution in [2.24, 2.45) is 5.41 Å². The van der Waals surface area contributed by atoms with Gasteiger partial charge in [-0.05, 0) is 24.5 Å². The molecule has 0 aliphatic heterocycles. The van der Waals surface area contributed by atoms with Crippen molar-refractivity contribution in [1.82, 2.24) is 9.88 Å². The minimum absolute atomic E-state index is 0.0501. The Labute approximate surface area is 218 Å².